The van der Waals surface area contributed by atoms with Crippen molar-refractivity contribution in [3.05, 3.63) is 69.8 Å². The lowest BCUT2D eigenvalue weighted by atomic mass is 9.97. The Kier molecular flexibility index (Phi) is 7.55. The Bertz CT molecular complexity index is 1010. The third-order valence-corrected chi connectivity index (χ3v) is 5.73. The molecule has 0 saturated carbocycles. The molecule has 0 bridgehead atoms. The van der Waals surface area contributed by atoms with Gasteiger partial charge in [0.05, 0.1) is 22.9 Å². The third kappa shape index (κ3) is 6.28. The summed E-state index contributed by atoms with van der Waals surface area (Å²) < 4.78 is 25.7. The molecule has 0 aliphatic rings. The number of rotatable bonds is 9. The summed E-state index contributed by atoms with van der Waals surface area (Å²) in [6.45, 7) is 5.25. The number of carbonyl (C=O) groups is 1. The highest BCUT2D eigenvalue weighted by atomic mass is 32.2. The van der Waals surface area contributed by atoms with E-state index in [2.05, 4.69) is 5.32 Å². The number of carbonyl (C=O) groups excluding carboxylic acids is 1. The standard InChI is InChI=1S/C21H27N3O5S/c1-15(2)12-19(17-8-6-5-7-9-17)22-21(25)14-23(30(4,28)29)20-13-18(24(26)27)11-10-16(20)3/h5-11,13,15,19H,12,14H2,1-4H3,(H,22,25). The van der Waals surface area contributed by atoms with E-state index in [9.17, 15) is 23.3 Å². The highest BCUT2D eigenvalue weighted by Crippen LogP contribution is 2.28. The average molecular weight is 434 g/mol. The molecule has 8 nitrogen and oxygen atoms in total. The molecule has 0 heterocycles. The molecule has 2 aromatic rings. The second-order valence-corrected chi connectivity index (χ2v) is 9.56. The van der Waals surface area contributed by atoms with Crippen LogP contribution in [0.2, 0.25) is 0 Å². The number of sulfonamides is 1. The number of nitro groups is 1. The highest BCUT2D eigenvalue weighted by Gasteiger charge is 2.26. The molecule has 0 fully saturated rings. The van der Waals surface area contributed by atoms with Crippen molar-refractivity contribution in [2.45, 2.75) is 33.2 Å². The van der Waals surface area contributed by atoms with Gasteiger partial charge in [-0.25, -0.2) is 8.42 Å². The highest BCUT2D eigenvalue weighted by molar-refractivity contribution is 7.92. The van der Waals surface area contributed by atoms with E-state index in [0.29, 0.717) is 17.9 Å². The van der Waals surface area contributed by atoms with Crippen LogP contribution in [0, 0.1) is 23.0 Å². The summed E-state index contributed by atoms with van der Waals surface area (Å²) in [5.74, 6) is -0.179. The van der Waals surface area contributed by atoms with Crippen molar-refractivity contribution in [3.8, 4) is 0 Å². The summed E-state index contributed by atoms with van der Waals surface area (Å²) >= 11 is 0. The summed E-state index contributed by atoms with van der Waals surface area (Å²) in [5, 5.41) is 14.0. The van der Waals surface area contributed by atoms with E-state index >= 15 is 0 Å². The van der Waals surface area contributed by atoms with Crippen molar-refractivity contribution in [3.63, 3.8) is 0 Å². The van der Waals surface area contributed by atoms with Crippen molar-refractivity contribution in [1.29, 1.82) is 0 Å². The van der Waals surface area contributed by atoms with Gasteiger partial charge in [0.2, 0.25) is 15.9 Å². The van der Waals surface area contributed by atoms with Crippen molar-refractivity contribution >= 4 is 27.3 Å². The van der Waals surface area contributed by atoms with E-state index in [-0.39, 0.29) is 17.4 Å². The van der Waals surface area contributed by atoms with Crippen LogP contribution in [0.5, 0.6) is 0 Å². The first-order valence-corrected chi connectivity index (χ1v) is 11.4. The van der Waals surface area contributed by atoms with Gasteiger partial charge in [-0.1, -0.05) is 50.2 Å². The van der Waals surface area contributed by atoms with Gasteiger partial charge in [0, 0.05) is 12.1 Å². The molecular weight excluding hydrogens is 406 g/mol. The molecule has 0 aliphatic carbocycles. The molecule has 30 heavy (non-hydrogen) atoms. The van der Waals surface area contributed by atoms with Crippen LogP contribution >= 0.6 is 0 Å². The van der Waals surface area contributed by atoms with Crippen LogP contribution in [0.15, 0.2) is 48.5 Å². The Morgan fingerprint density at radius 3 is 2.33 bits per heavy atom. The third-order valence-electron chi connectivity index (χ3n) is 4.60. The zero-order valence-corrected chi connectivity index (χ0v) is 18.3. The number of benzene rings is 2. The van der Waals surface area contributed by atoms with Crippen molar-refractivity contribution in [1.82, 2.24) is 5.32 Å². The van der Waals surface area contributed by atoms with Crippen molar-refractivity contribution in [2.75, 3.05) is 17.1 Å². The Hall–Kier alpha value is -2.94. The number of amides is 1. The summed E-state index contributed by atoms with van der Waals surface area (Å²) in [7, 11) is -3.85. The molecule has 1 N–H and O–H groups in total. The molecule has 2 rings (SSSR count). The van der Waals surface area contributed by atoms with Crippen LogP contribution in [0.25, 0.3) is 0 Å². The predicted molar refractivity (Wildman–Crippen MR) is 117 cm³/mol. The van der Waals surface area contributed by atoms with Crippen LogP contribution in [-0.2, 0) is 14.8 Å². The summed E-state index contributed by atoms with van der Waals surface area (Å²) in [6.07, 6.45) is 1.66. The Balaban J connectivity index is 2.32. The number of hydrogen-bond donors (Lipinski definition) is 1. The Morgan fingerprint density at radius 1 is 1.17 bits per heavy atom. The lowest BCUT2D eigenvalue weighted by Crippen LogP contribution is -2.42. The summed E-state index contributed by atoms with van der Waals surface area (Å²) in [4.78, 5) is 23.3. The SMILES string of the molecule is Cc1ccc([N+](=O)[O-])cc1N(CC(=O)NC(CC(C)C)c1ccccc1)S(C)(=O)=O. The predicted octanol–water partition coefficient (Wildman–Crippen LogP) is 3.57. The minimum atomic E-state index is -3.85. The number of anilines is 1. The lowest BCUT2D eigenvalue weighted by Gasteiger charge is -2.26. The van der Waals surface area contributed by atoms with E-state index < -0.39 is 27.4 Å². The number of nitrogens with one attached hydrogen (secondary N) is 1. The van der Waals surface area contributed by atoms with E-state index in [1.165, 1.54) is 18.2 Å². The van der Waals surface area contributed by atoms with E-state index in [1.807, 2.05) is 44.2 Å². The first-order valence-electron chi connectivity index (χ1n) is 9.56. The quantitative estimate of drug-likeness (QED) is 0.480. The Morgan fingerprint density at radius 2 is 1.80 bits per heavy atom. The minimum Gasteiger partial charge on any atom is -0.348 e. The van der Waals surface area contributed by atoms with Crippen LogP contribution in [-0.4, -0.2) is 32.0 Å². The van der Waals surface area contributed by atoms with Gasteiger partial charge in [-0.15, -0.1) is 0 Å². The molecule has 1 unspecified atom stereocenters. The van der Waals surface area contributed by atoms with Crippen LogP contribution in [0.4, 0.5) is 11.4 Å². The molecule has 0 aromatic heterocycles. The maximum Gasteiger partial charge on any atom is 0.271 e. The molecule has 1 atom stereocenters. The van der Waals surface area contributed by atoms with Gasteiger partial charge in [0.1, 0.15) is 6.54 Å². The summed E-state index contributed by atoms with van der Waals surface area (Å²) in [5.41, 5.74) is 1.31. The fourth-order valence-electron chi connectivity index (χ4n) is 3.17. The molecule has 2 aromatic carbocycles. The fraction of sp³-hybridized carbons (Fsp3) is 0.381. The molecular formula is C21H27N3O5S. The summed E-state index contributed by atoms with van der Waals surface area (Å²) in [6, 6.07) is 13.1. The number of aryl methyl sites for hydroxylation is 1. The van der Waals surface area contributed by atoms with Crippen LogP contribution in [0.3, 0.4) is 0 Å². The first-order chi connectivity index (χ1) is 14.0. The zero-order chi connectivity index (χ0) is 22.5. The maximum absolute atomic E-state index is 12.8. The van der Waals surface area contributed by atoms with Gasteiger partial charge < -0.3 is 5.32 Å². The monoisotopic (exact) mass is 433 g/mol. The molecule has 1 amide bonds. The van der Waals surface area contributed by atoms with Gasteiger partial charge in [0.25, 0.3) is 5.69 Å². The number of hydrogen-bond acceptors (Lipinski definition) is 5. The normalized spacial score (nSPS) is 12.4. The molecule has 162 valence electrons. The average Bonchev–Trinajstić information content (AvgIpc) is 2.65. The number of non-ortho nitro benzene ring substituents is 1. The van der Waals surface area contributed by atoms with E-state index in [0.717, 1.165) is 16.1 Å². The van der Waals surface area contributed by atoms with Gasteiger partial charge in [0.15, 0.2) is 0 Å². The van der Waals surface area contributed by atoms with E-state index in [4.69, 9.17) is 0 Å². The largest absolute Gasteiger partial charge is 0.348 e. The second-order valence-electron chi connectivity index (χ2n) is 7.66. The number of nitro benzene ring substituents is 1. The maximum atomic E-state index is 12.8. The van der Waals surface area contributed by atoms with Gasteiger partial charge >= 0.3 is 0 Å². The number of nitrogens with zero attached hydrogens (tertiary/aromatic N) is 2. The molecule has 9 heteroatoms. The van der Waals surface area contributed by atoms with Crippen molar-refractivity contribution in [2.24, 2.45) is 5.92 Å². The zero-order valence-electron chi connectivity index (χ0n) is 17.5. The van der Waals surface area contributed by atoms with Crippen LogP contribution < -0.4 is 9.62 Å². The van der Waals surface area contributed by atoms with E-state index in [1.54, 1.807) is 6.92 Å². The topological polar surface area (TPSA) is 110 Å². The molecule has 0 saturated heterocycles. The molecule has 0 spiro atoms. The second kappa shape index (κ2) is 9.71. The molecule has 0 radical (unpaired) electrons. The van der Waals surface area contributed by atoms with Crippen molar-refractivity contribution < 1.29 is 18.1 Å². The minimum absolute atomic E-state index is 0.113. The van der Waals surface area contributed by atoms with Gasteiger partial charge in [-0.05, 0) is 30.4 Å². The van der Waals surface area contributed by atoms with Gasteiger partial charge in [-0.3, -0.25) is 19.2 Å². The lowest BCUT2D eigenvalue weighted by molar-refractivity contribution is -0.384. The first kappa shape index (κ1) is 23.3. The van der Waals surface area contributed by atoms with Crippen LogP contribution in [0.1, 0.15) is 37.4 Å². The Labute approximate surface area is 177 Å². The smallest absolute Gasteiger partial charge is 0.271 e. The van der Waals surface area contributed by atoms with Gasteiger partial charge in [-0.2, -0.15) is 0 Å². The molecule has 0 aliphatic heterocycles. The fourth-order valence-corrected chi connectivity index (χ4v) is 4.07.